The van der Waals surface area contributed by atoms with Crippen LogP contribution in [0.25, 0.3) is 0 Å². The summed E-state index contributed by atoms with van der Waals surface area (Å²) in [5.41, 5.74) is -0.582. The van der Waals surface area contributed by atoms with Crippen molar-refractivity contribution in [3.05, 3.63) is 24.0 Å². The minimum Gasteiger partial charge on any atom is -0.511 e. The maximum Gasteiger partial charge on any atom is 0.314 e. The van der Waals surface area contributed by atoms with Crippen LogP contribution in [0.15, 0.2) is 29.1 Å². The number of aliphatic hydroxyl groups excluding tert-OH is 1. The standard InChI is InChI=1S/C16H23NO5/c1-5-7-10(17-22-8-6-2)12-11(18)9-16(3,4)13(14(12)19)15(20)21/h6,13,18H,2,5,7-9H2,1,3-4H3,(H,20,21)/b17-10-/t13-/m0/s1. The third-order valence-corrected chi connectivity index (χ3v) is 3.59. The van der Waals surface area contributed by atoms with E-state index in [0.717, 1.165) is 0 Å². The number of carbonyl (C=O) groups excluding carboxylic acids is 1. The van der Waals surface area contributed by atoms with Crippen LogP contribution in [0.1, 0.15) is 40.0 Å². The molecule has 0 unspecified atom stereocenters. The summed E-state index contributed by atoms with van der Waals surface area (Å²) in [6, 6.07) is 0. The van der Waals surface area contributed by atoms with E-state index in [9.17, 15) is 19.8 Å². The highest BCUT2D eigenvalue weighted by molar-refractivity contribution is 6.27. The molecule has 1 atom stereocenters. The van der Waals surface area contributed by atoms with Crippen LogP contribution >= 0.6 is 0 Å². The largest absolute Gasteiger partial charge is 0.511 e. The summed E-state index contributed by atoms with van der Waals surface area (Å²) in [6.45, 7) is 8.87. The zero-order valence-corrected chi connectivity index (χ0v) is 13.3. The summed E-state index contributed by atoms with van der Waals surface area (Å²) < 4.78 is 0. The van der Waals surface area contributed by atoms with E-state index >= 15 is 0 Å². The number of aliphatic carboxylic acids is 1. The molecule has 0 saturated carbocycles. The number of oxime groups is 1. The minimum atomic E-state index is -1.21. The van der Waals surface area contributed by atoms with E-state index in [1.807, 2.05) is 6.92 Å². The van der Waals surface area contributed by atoms with Gasteiger partial charge in [-0.1, -0.05) is 45.0 Å². The molecule has 0 fully saturated rings. The van der Waals surface area contributed by atoms with Crippen molar-refractivity contribution >= 4 is 17.5 Å². The molecule has 6 nitrogen and oxygen atoms in total. The predicted octanol–water partition coefficient (Wildman–Crippen LogP) is 2.86. The maximum absolute atomic E-state index is 12.6. The van der Waals surface area contributed by atoms with Crippen LogP contribution in [0.5, 0.6) is 0 Å². The van der Waals surface area contributed by atoms with Gasteiger partial charge in [0.2, 0.25) is 0 Å². The highest BCUT2D eigenvalue weighted by Crippen LogP contribution is 2.41. The lowest BCUT2D eigenvalue weighted by atomic mass is 9.67. The first-order valence-electron chi connectivity index (χ1n) is 7.25. The molecule has 122 valence electrons. The van der Waals surface area contributed by atoms with E-state index in [0.29, 0.717) is 12.8 Å². The first-order chi connectivity index (χ1) is 10.3. The molecular formula is C16H23NO5. The molecule has 0 aliphatic heterocycles. The number of nitrogens with zero attached hydrogens (tertiary/aromatic N) is 1. The molecule has 2 N–H and O–H groups in total. The highest BCUT2D eigenvalue weighted by atomic mass is 16.6. The van der Waals surface area contributed by atoms with Gasteiger partial charge in [-0.2, -0.15) is 0 Å². The van der Waals surface area contributed by atoms with Crippen molar-refractivity contribution in [2.24, 2.45) is 16.5 Å². The van der Waals surface area contributed by atoms with Gasteiger partial charge in [0, 0.05) is 6.42 Å². The number of carboxylic acids is 1. The third kappa shape index (κ3) is 3.75. The van der Waals surface area contributed by atoms with Crippen LogP contribution < -0.4 is 0 Å². The Kier molecular flexibility index (Phi) is 5.91. The summed E-state index contributed by atoms with van der Waals surface area (Å²) in [5.74, 6) is -3.14. The number of carboxylic acid groups (broad SMARTS) is 1. The second kappa shape index (κ2) is 7.24. The van der Waals surface area contributed by atoms with Gasteiger partial charge in [-0.15, -0.1) is 0 Å². The molecule has 6 heteroatoms. The first-order valence-corrected chi connectivity index (χ1v) is 7.25. The Morgan fingerprint density at radius 1 is 1.55 bits per heavy atom. The van der Waals surface area contributed by atoms with Gasteiger partial charge in [0.25, 0.3) is 0 Å². The lowest BCUT2D eigenvalue weighted by molar-refractivity contribution is -0.150. The molecule has 0 amide bonds. The van der Waals surface area contributed by atoms with E-state index in [2.05, 4.69) is 11.7 Å². The van der Waals surface area contributed by atoms with Crippen LogP contribution in [-0.4, -0.2) is 34.3 Å². The molecule has 0 aromatic heterocycles. The molecule has 0 spiro atoms. The molecular weight excluding hydrogens is 286 g/mol. The SMILES string of the molecule is C=CCO/N=C(/CCC)C1=C(O)CC(C)(C)[C@H](C(=O)O)C1=O. The third-order valence-electron chi connectivity index (χ3n) is 3.59. The number of allylic oxidation sites excluding steroid dienone is 2. The Hall–Kier alpha value is -2.11. The second-order valence-electron chi connectivity index (χ2n) is 5.99. The van der Waals surface area contributed by atoms with Gasteiger partial charge in [-0.05, 0) is 11.8 Å². The molecule has 0 saturated heterocycles. The van der Waals surface area contributed by atoms with Gasteiger partial charge >= 0.3 is 5.97 Å². The molecule has 1 aliphatic rings. The second-order valence-corrected chi connectivity index (χ2v) is 5.99. The molecule has 1 aliphatic carbocycles. The first kappa shape index (κ1) is 17.9. The van der Waals surface area contributed by atoms with Crippen molar-refractivity contribution in [1.29, 1.82) is 0 Å². The number of carbonyl (C=O) groups is 2. The summed E-state index contributed by atoms with van der Waals surface area (Å²) in [7, 11) is 0. The monoisotopic (exact) mass is 309 g/mol. The van der Waals surface area contributed by atoms with Crippen LogP contribution in [0.3, 0.4) is 0 Å². The number of hydrogen-bond acceptors (Lipinski definition) is 5. The molecule has 0 radical (unpaired) electrons. The minimum absolute atomic E-state index is 0.0161. The van der Waals surface area contributed by atoms with Gasteiger partial charge in [0.15, 0.2) is 5.78 Å². The van der Waals surface area contributed by atoms with Crippen molar-refractivity contribution in [1.82, 2.24) is 0 Å². The fourth-order valence-corrected chi connectivity index (χ4v) is 2.64. The molecule has 0 aromatic carbocycles. The topological polar surface area (TPSA) is 96.2 Å². The number of ketones is 1. The van der Waals surface area contributed by atoms with Crippen molar-refractivity contribution in [2.75, 3.05) is 6.61 Å². The van der Waals surface area contributed by atoms with Crippen LogP contribution in [-0.2, 0) is 14.4 Å². The van der Waals surface area contributed by atoms with Gasteiger partial charge in [0.1, 0.15) is 18.3 Å². The molecule has 0 heterocycles. The van der Waals surface area contributed by atoms with E-state index < -0.39 is 23.1 Å². The Balaban J connectivity index is 3.28. The van der Waals surface area contributed by atoms with Gasteiger partial charge in [0.05, 0.1) is 11.3 Å². The van der Waals surface area contributed by atoms with Gasteiger partial charge < -0.3 is 15.1 Å². The van der Waals surface area contributed by atoms with Crippen molar-refractivity contribution in [2.45, 2.75) is 40.0 Å². The molecule has 1 rings (SSSR count). The average Bonchev–Trinajstić information content (AvgIpc) is 2.36. The Morgan fingerprint density at radius 2 is 2.18 bits per heavy atom. The van der Waals surface area contributed by atoms with Crippen molar-refractivity contribution in [3.63, 3.8) is 0 Å². The Labute approximate surface area is 130 Å². The number of aliphatic hydroxyl groups is 1. The number of rotatable bonds is 7. The zero-order valence-electron chi connectivity index (χ0n) is 13.3. The van der Waals surface area contributed by atoms with E-state index in [-0.39, 0.29) is 30.1 Å². The smallest absolute Gasteiger partial charge is 0.314 e. The van der Waals surface area contributed by atoms with Crippen molar-refractivity contribution in [3.8, 4) is 0 Å². The Bertz CT molecular complexity index is 531. The van der Waals surface area contributed by atoms with Gasteiger partial charge in [-0.25, -0.2) is 0 Å². The van der Waals surface area contributed by atoms with E-state index in [1.165, 1.54) is 6.08 Å². The number of hydrogen-bond donors (Lipinski definition) is 2. The quantitative estimate of drug-likeness (QED) is 0.248. The molecule has 0 bridgehead atoms. The predicted molar refractivity (Wildman–Crippen MR) is 82.7 cm³/mol. The van der Waals surface area contributed by atoms with Gasteiger partial charge in [-0.3, -0.25) is 9.59 Å². The van der Waals surface area contributed by atoms with E-state index in [1.54, 1.807) is 13.8 Å². The van der Waals surface area contributed by atoms with Crippen LogP contribution in [0.2, 0.25) is 0 Å². The number of Topliss-reactive ketones (excluding diaryl/α,β-unsaturated/α-hetero) is 1. The van der Waals surface area contributed by atoms with Crippen LogP contribution in [0, 0.1) is 11.3 Å². The lowest BCUT2D eigenvalue weighted by Gasteiger charge is -2.35. The summed E-state index contributed by atoms with van der Waals surface area (Å²) >= 11 is 0. The summed E-state index contributed by atoms with van der Waals surface area (Å²) in [6.07, 6.45) is 2.71. The lowest BCUT2D eigenvalue weighted by Crippen LogP contribution is -2.43. The maximum atomic E-state index is 12.6. The fraction of sp³-hybridized carbons (Fsp3) is 0.562. The van der Waals surface area contributed by atoms with Crippen LogP contribution in [0.4, 0.5) is 0 Å². The average molecular weight is 309 g/mol. The molecule has 22 heavy (non-hydrogen) atoms. The van der Waals surface area contributed by atoms with E-state index in [4.69, 9.17) is 4.84 Å². The summed E-state index contributed by atoms with van der Waals surface area (Å²) in [5, 5.41) is 23.5. The Morgan fingerprint density at radius 3 is 2.68 bits per heavy atom. The summed E-state index contributed by atoms with van der Waals surface area (Å²) in [4.78, 5) is 29.1. The molecule has 0 aromatic rings. The fourth-order valence-electron chi connectivity index (χ4n) is 2.64. The normalized spacial score (nSPS) is 21.7. The zero-order chi connectivity index (χ0) is 16.9. The highest BCUT2D eigenvalue weighted by Gasteiger charge is 2.48. The van der Waals surface area contributed by atoms with Crippen molar-refractivity contribution < 1.29 is 24.6 Å².